The third kappa shape index (κ3) is 3.09. The summed E-state index contributed by atoms with van der Waals surface area (Å²) in [5, 5.41) is 9.72. The number of hydrogen-bond donors (Lipinski definition) is 2. The number of aliphatic hydroxyl groups excluding tert-OH is 1. The van der Waals surface area contributed by atoms with Crippen LogP contribution in [0.15, 0.2) is 42.5 Å². The van der Waals surface area contributed by atoms with Crippen molar-refractivity contribution in [1.29, 1.82) is 0 Å². The van der Waals surface area contributed by atoms with Crippen molar-refractivity contribution in [3.05, 3.63) is 71.0 Å². The summed E-state index contributed by atoms with van der Waals surface area (Å²) in [5.41, 5.74) is 4.98. The molecule has 2 nitrogen and oxygen atoms in total. The van der Waals surface area contributed by atoms with Gasteiger partial charge in [0, 0.05) is 18.0 Å². The Morgan fingerprint density at radius 1 is 1.00 bits per heavy atom. The normalized spacial score (nSPS) is 14.0. The maximum atomic E-state index is 14.0. The van der Waals surface area contributed by atoms with Crippen LogP contribution in [0.1, 0.15) is 11.1 Å². The molecule has 0 amide bonds. The first-order valence-electron chi connectivity index (χ1n) is 6.52. The number of aliphatic hydroxyl groups is 1. The maximum absolute atomic E-state index is 14.0. The van der Waals surface area contributed by atoms with Gasteiger partial charge in [0.25, 0.3) is 0 Å². The molecule has 112 valence electrons. The Hall–Kier alpha value is -1.85. The average molecular weight is 295 g/mol. The molecule has 1 unspecified atom stereocenters. The monoisotopic (exact) mass is 295 g/mol. The van der Waals surface area contributed by atoms with Crippen LogP contribution in [0.5, 0.6) is 0 Å². The van der Waals surface area contributed by atoms with Crippen LogP contribution in [0.4, 0.5) is 13.2 Å². The first-order valence-corrected chi connectivity index (χ1v) is 6.52. The van der Waals surface area contributed by atoms with Gasteiger partial charge in [-0.15, -0.1) is 0 Å². The molecule has 0 spiro atoms. The molecule has 2 aromatic rings. The van der Waals surface area contributed by atoms with E-state index >= 15 is 0 Å². The molecule has 3 N–H and O–H groups in total. The van der Waals surface area contributed by atoms with E-state index in [2.05, 4.69) is 0 Å². The molecule has 0 aliphatic carbocycles. The molecule has 0 radical (unpaired) electrons. The fourth-order valence-electron chi connectivity index (χ4n) is 2.40. The predicted octanol–water partition coefficient (Wildman–Crippen LogP) is 2.54. The Labute approximate surface area is 121 Å². The Bertz CT molecular complexity index is 627. The van der Waals surface area contributed by atoms with E-state index in [0.717, 1.165) is 12.1 Å². The molecule has 0 bridgehead atoms. The molecule has 0 fully saturated rings. The minimum absolute atomic E-state index is 0.0208. The second-order valence-electron chi connectivity index (χ2n) is 5.03. The molecule has 2 aromatic carbocycles. The van der Waals surface area contributed by atoms with Crippen molar-refractivity contribution in [1.82, 2.24) is 0 Å². The Kier molecular flexibility index (Phi) is 4.65. The zero-order valence-electron chi connectivity index (χ0n) is 11.3. The van der Waals surface area contributed by atoms with Gasteiger partial charge in [0.05, 0.1) is 6.61 Å². The second-order valence-corrected chi connectivity index (χ2v) is 5.03. The van der Waals surface area contributed by atoms with E-state index in [4.69, 9.17) is 5.73 Å². The summed E-state index contributed by atoms with van der Waals surface area (Å²) < 4.78 is 40.8. The first-order chi connectivity index (χ1) is 10.0. The van der Waals surface area contributed by atoms with Crippen molar-refractivity contribution in [2.24, 2.45) is 5.73 Å². The average Bonchev–Trinajstić information content (AvgIpc) is 2.48. The van der Waals surface area contributed by atoms with E-state index in [1.807, 2.05) is 0 Å². The van der Waals surface area contributed by atoms with Gasteiger partial charge in [-0.3, -0.25) is 0 Å². The second kappa shape index (κ2) is 6.28. The molecule has 21 heavy (non-hydrogen) atoms. The molecule has 1 atom stereocenters. The van der Waals surface area contributed by atoms with Crippen molar-refractivity contribution in [3.8, 4) is 0 Å². The van der Waals surface area contributed by atoms with E-state index < -0.39 is 29.5 Å². The SMILES string of the molecule is NCC(CO)(Cc1ccc(F)cc1F)c1ccccc1F. The van der Waals surface area contributed by atoms with E-state index in [9.17, 15) is 18.3 Å². The van der Waals surface area contributed by atoms with Crippen molar-refractivity contribution in [2.75, 3.05) is 13.2 Å². The van der Waals surface area contributed by atoms with Gasteiger partial charge < -0.3 is 10.8 Å². The number of rotatable bonds is 5. The van der Waals surface area contributed by atoms with E-state index in [1.165, 1.54) is 24.3 Å². The summed E-state index contributed by atoms with van der Waals surface area (Å²) in [5.74, 6) is -1.94. The van der Waals surface area contributed by atoms with Crippen LogP contribution in [0.2, 0.25) is 0 Å². The first kappa shape index (κ1) is 15.5. The Morgan fingerprint density at radius 2 is 1.71 bits per heavy atom. The zero-order valence-corrected chi connectivity index (χ0v) is 11.3. The molecule has 5 heteroatoms. The fourth-order valence-corrected chi connectivity index (χ4v) is 2.40. The van der Waals surface area contributed by atoms with Gasteiger partial charge in [-0.1, -0.05) is 24.3 Å². The van der Waals surface area contributed by atoms with E-state index in [1.54, 1.807) is 6.07 Å². The third-order valence-electron chi connectivity index (χ3n) is 3.68. The lowest BCUT2D eigenvalue weighted by molar-refractivity contribution is 0.191. The van der Waals surface area contributed by atoms with Crippen molar-refractivity contribution in [2.45, 2.75) is 11.8 Å². The fraction of sp³-hybridized carbons (Fsp3) is 0.250. The molecule has 0 aliphatic rings. The van der Waals surface area contributed by atoms with Crippen LogP contribution in [0.3, 0.4) is 0 Å². The molecule has 0 saturated heterocycles. The van der Waals surface area contributed by atoms with Crippen LogP contribution in [0.25, 0.3) is 0 Å². The van der Waals surface area contributed by atoms with E-state index in [0.29, 0.717) is 0 Å². The van der Waals surface area contributed by atoms with Crippen molar-refractivity contribution >= 4 is 0 Å². The van der Waals surface area contributed by atoms with Gasteiger partial charge in [0.2, 0.25) is 0 Å². The molecule has 0 saturated carbocycles. The number of halogens is 3. The Balaban J connectivity index is 2.46. The molecular formula is C16H16F3NO. The summed E-state index contributed by atoms with van der Waals surface area (Å²) in [4.78, 5) is 0. The van der Waals surface area contributed by atoms with Crippen LogP contribution in [-0.2, 0) is 11.8 Å². The minimum atomic E-state index is -1.15. The van der Waals surface area contributed by atoms with Crippen LogP contribution in [0, 0.1) is 17.5 Å². The molecule has 0 aromatic heterocycles. The molecule has 0 heterocycles. The van der Waals surface area contributed by atoms with Gasteiger partial charge in [0.1, 0.15) is 17.5 Å². The minimum Gasteiger partial charge on any atom is -0.395 e. The highest BCUT2D eigenvalue weighted by atomic mass is 19.1. The predicted molar refractivity (Wildman–Crippen MR) is 74.3 cm³/mol. The molecule has 2 rings (SSSR count). The van der Waals surface area contributed by atoms with Crippen LogP contribution >= 0.6 is 0 Å². The summed E-state index contributed by atoms with van der Waals surface area (Å²) in [6.07, 6.45) is -0.0208. The van der Waals surface area contributed by atoms with Crippen LogP contribution in [-0.4, -0.2) is 18.3 Å². The standard InChI is InChI=1S/C16H16F3NO/c17-12-6-5-11(15(19)7-12)8-16(9-20,10-21)13-3-1-2-4-14(13)18/h1-7,21H,8-10,20H2. The van der Waals surface area contributed by atoms with E-state index in [-0.39, 0.29) is 24.1 Å². The summed E-state index contributed by atoms with van der Waals surface area (Å²) in [6, 6.07) is 9.09. The van der Waals surface area contributed by atoms with Gasteiger partial charge in [-0.2, -0.15) is 0 Å². The Morgan fingerprint density at radius 3 is 2.29 bits per heavy atom. The zero-order chi connectivity index (χ0) is 15.5. The number of hydrogen-bond acceptors (Lipinski definition) is 2. The lowest BCUT2D eigenvalue weighted by atomic mass is 9.76. The molecular weight excluding hydrogens is 279 g/mol. The van der Waals surface area contributed by atoms with Gasteiger partial charge >= 0.3 is 0 Å². The highest BCUT2D eigenvalue weighted by Crippen LogP contribution is 2.30. The van der Waals surface area contributed by atoms with Gasteiger partial charge in [-0.25, -0.2) is 13.2 Å². The quantitative estimate of drug-likeness (QED) is 0.890. The maximum Gasteiger partial charge on any atom is 0.129 e. The third-order valence-corrected chi connectivity index (χ3v) is 3.68. The summed E-state index contributed by atoms with van der Waals surface area (Å²) in [6.45, 7) is -0.511. The topological polar surface area (TPSA) is 46.2 Å². The highest BCUT2D eigenvalue weighted by Gasteiger charge is 2.33. The lowest BCUT2D eigenvalue weighted by Crippen LogP contribution is -2.42. The molecule has 0 aliphatic heterocycles. The summed E-state index contributed by atoms with van der Waals surface area (Å²) >= 11 is 0. The number of benzene rings is 2. The largest absolute Gasteiger partial charge is 0.395 e. The van der Waals surface area contributed by atoms with Crippen LogP contribution < -0.4 is 5.73 Å². The van der Waals surface area contributed by atoms with Crippen molar-refractivity contribution in [3.63, 3.8) is 0 Å². The van der Waals surface area contributed by atoms with Crippen molar-refractivity contribution < 1.29 is 18.3 Å². The summed E-state index contributed by atoms with van der Waals surface area (Å²) in [7, 11) is 0. The smallest absolute Gasteiger partial charge is 0.129 e. The van der Waals surface area contributed by atoms with Gasteiger partial charge in [-0.05, 0) is 29.7 Å². The highest BCUT2D eigenvalue weighted by molar-refractivity contribution is 5.32. The van der Waals surface area contributed by atoms with Gasteiger partial charge in [0.15, 0.2) is 0 Å². The lowest BCUT2D eigenvalue weighted by Gasteiger charge is -2.31. The number of nitrogens with two attached hydrogens (primary N) is 1.